The maximum absolute atomic E-state index is 14.3. The van der Waals surface area contributed by atoms with E-state index in [9.17, 15) is 9.18 Å². The number of halogens is 2. The zero-order valence-electron chi connectivity index (χ0n) is 15.1. The quantitative estimate of drug-likeness (QED) is 0.363. The van der Waals surface area contributed by atoms with Gasteiger partial charge in [-0.15, -0.1) is 0 Å². The smallest absolute Gasteiger partial charge is 0.870 e. The van der Waals surface area contributed by atoms with Crippen molar-refractivity contribution in [1.29, 1.82) is 0 Å². The molecule has 4 rings (SSSR count). The molecule has 0 spiro atoms. The van der Waals surface area contributed by atoms with Crippen molar-refractivity contribution in [2.45, 2.75) is 6.92 Å². The fourth-order valence-electron chi connectivity index (χ4n) is 2.79. The van der Waals surface area contributed by atoms with Gasteiger partial charge in [0.2, 0.25) is 0 Å². The number of rotatable bonds is 3. The second-order valence-corrected chi connectivity index (χ2v) is 6.83. The Morgan fingerprint density at radius 1 is 1.07 bits per heavy atom. The van der Waals surface area contributed by atoms with E-state index in [2.05, 4.69) is 26.0 Å². The van der Waals surface area contributed by atoms with Gasteiger partial charge >= 0.3 is 18.9 Å². The fraction of sp³-hybridized carbons (Fsp3) is 0.0500. The monoisotopic (exact) mass is 432 g/mol. The van der Waals surface area contributed by atoms with Crippen LogP contribution < -0.4 is 18.9 Å². The summed E-state index contributed by atoms with van der Waals surface area (Å²) in [6.07, 6.45) is 1.83. The average Bonchev–Trinajstić information content (AvgIpc) is 3.05. The van der Waals surface area contributed by atoms with Crippen molar-refractivity contribution in [3.8, 4) is 22.5 Å². The number of benzene rings is 2. The molecule has 0 bridgehead atoms. The number of hydrogen-bond donors (Lipinski definition) is 0. The SMILES string of the molecule is Cc1ccc(-c2cc([C-]=O)nc3cc(-c4ccc(Br)cc4F)nn23)cc1.[Li+].[OH-]. The maximum atomic E-state index is 14.3. The van der Waals surface area contributed by atoms with Gasteiger partial charge in [-0.2, -0.15) is 11.2 Å². The van der Waals surface area contributed by atoms with Gasteiger partial charge in [-0.05, 0) is 36.4 Å². The summed E-state index contributed by atoms with van der Waals surface area (Å²) >= 11 is 3.25. The van der Waals surface area contributed by atoms with Crippen molar-refractivity contribution in [2.75, 3.05) is 0 Å². The summed E-state index contributed by atoms with van der Waals surface area (Å²) in [7, 11) is 0. The van der Waals surface area contributed by atoms with Gasteiger partial charge in [0, 0.05) is 22.4 Å². The largest absolute Gasteiger partial charge is 1.00 e. The van der Waals surface area contributed by atoms with Crippen LogP contribution in [0.4, 0.5) is 4.39 Å². The first-order valence-corrected chi connectivity index (χ1v) is 8.66. The van der Waals surface area contributed by atoms with E-state index in [1.807, 2.05) is 37.5 Å². The van der Waals surface area contributed by atoms with Crippen LogP contribution in [0, 0.1) is 12.7 Å². The van der Waals surface area contributed by atoms with Crippen LogP contribution in [-0.2, 0) is 4.79 Å². The van der Waals surface area contributed by atoms with Crippen LogP contribution in [0.5, 0.6) is 0 Å². The van der Waals surface area contributed by atoms with Crippen molar-refractivity contribution < 1.29 is 33.5 Å². The van der Waals surface area contributed by atoms with Crippen molar-refractivity contribution in [3.63, 3.8) is 0 Å². The van der Waals surface area contributed by atoms with E-state index in [-0.39, 0.29) is 35.8 Å². The molecule has 0 fully saturated rings. The first-order chi connectivity index (χ1) is 12.5. The van der Waals surface area contributed by atoms with E-state index in [0.29, 0.717) is 27.1 Å². The van der Waals surface area contributed by atoms with Crippen LogP contribution >= 0.6 is 15.9 Å². The number of aryl methyl sites for hydroxylation is 1. The molecule has 1 N–H and O–H groups in total. The van der Waals surface area contributed by atoms with Gasteiger partial charge in [-0.25, -0.2) is 8.91 Å². The second kappa shape index (κ2) is 8.80. The molecule has 28 heavy (non-hydrogen) atoms. The van der Waals surface area contributed by atoms with E-state index in [1.165, 1.54) is 6.07 Å². The molecular weight excluding hydrogens is 420 g/mol. The minimum absolute atomic E-state index is 0. The van der Waals surface area contributed by atoms with Gasteiger partial charge in [-0.1, -0.05) is 51.5 Å². The minimum atomic E-state index is -0.387. The Labute approximate surface area is 181 Å². The molecule has 0 aliphatic carbocycles. The van der Waals surface area contributed by atoms with E-state index < -0.39 is 0 Å². The summed E-state index contributed by atoms with van der Waals surface area (Å²) in [5, 5.41) is 4.52. The summed E-state index contributed by atoms with van der Waals surface area (Å²) in [4.78, 5) is 15.4. The van der Waals surface area contributed by atoms with Gasteiger partial charge in [0.05, 0.1) is 5.69 Å². The molecule has 4 aromatic rings. The maximum Gasteiger partial charge on any atom is 1.00 e. The van der Waals surface area contributed by atoms with Crippen molar-refractivity contribution in [2.24, 2.45) is 0 Å². The Hall–Kier alpha value is -2.30. The number of fused-ring (bicyclic) bond motifs is 1. The molecule has 0 amide bonds. The van der Waals surface area contributed by atoms with E-state index >= 15 is 0 Å². The van der Waals surface area contributed by atoms with Crippen LogP contribution in [0.3, 0.4) is 0 Å². The summed E-state index contributed by atoms with van der Waals surface area (Å²) in [5.41, 5.74) is 4.14. The van der Waals surface area contributed by atoms with Gasteiger partial charge in [0.1, 0.15) is 5.82 Å². The zero-order chi connectivity index (χ0) is 18.3. The average molecular weight is 433 g/mol. The topological polar surface area (TPSA) is 77.3 Å². The van der Waals surface area contributed by atoms with E-state index in [4.69, 9.17) is 0 Å². The van der Waals surface area contributed by atoms with Gasteiger partial charge < -0.3 is 10.3 Å². The number of nitrogens with zero attached hydrogens (tertiary/aromatic N) is 3. The molecule has 0 atom stereocenters. The molecule has 0 aliphatic rings. The summed E-state index contributed by atoms with van der Waals surface area (Å²) < 4.78 is 16.6. The van der Waals surface area contributed by atoms with Crippen molar-refractivity contribution in [3.05, 3.63) is 76.1 Å². The minimum Gasteiger partial charge on any atom is -0.870 e. The van der Waals surface area contributed by atoms with Crippen LogP contribution in [0.25, 0.3) is 28.2 Å². The molecule has 0 unspecified atom stereocenters. The fourth-order valence-corrected chi connectivity index (χ4v) is 3.12. The van der Waals surface area contributed by atoms with E-state index in [0.717, 1.165) is 11.1 Å². The summed E-state index contributed by atoms with van der Waals surface area (Å²) in [6.45, 7) is 2.00. The van der Waals surface area contributed by atoms with Crippen LogP contribution in [0.1, 0.15) is 11.3 Å². The molecular formula is C20H13BrFLiN3O2-. The van der Waals surface area contributed by atoms with Crippen LogP contribution in [0.15, 0.2) is 59.1 Å². The molecule has 2 aromatic carbocycles. The van der Waals surface area contributed by atoms with E-state index in [1.54, 1.807) is 28.8 Å². The Kier molecular flexibility index (Phi) is 6.91. The number of carbonyl (C=O) groups excluding carboxylic acids is 1. The predicted molar refractivity (Wildman–Crippen MR) is 103 cm³/mol. The Morgan fingerprint density at radius 2 is 1.79 bits per heavy atom. The third kappa shape index (κ3) is 4.08. The number of aromatic nitrogens is 3. The molecule has 136 valence electrons. The van der Waals surface area contributed by atoms with Gasteiger partial charge in [0.15, 0.2) is 5.65 Å². The molecule has 5 nitrogen and oxygen atoms in total. The van der Waals surface area contributed by atoms with Gasteiger partial charge in [0.25, 0.3) is 0 Å². The normalized spacial score (nSPS) is 10.2. The molecule has 2 heterocycles. The molecule has 0 saturated heterocycles. The van der Waals surface area contributed by atoms with Crippen molar-refractivity contribution in [1.82, 2.24) is 14.6 Å². The Morgan fingerprint density at radius 3 is 2.43 bits per heavy atom. The third-order valence-electron chi connectivity index (χ3n) is 4.09. The molecule has 0 radical (unpaired) electrons. The second-order valence-electron chi connectivity index (χ2n) is 5.92. The van der Waals surface area contributed by atoms with Crippen LogP contribution in [0.2, 0.25) is 0 Å². The Balaban J connectivity index is 0.00000140. The molecule has 0 saturated carbocycles. The third-order valence-corrected chi connectivity index (χ3v) is 4.58. The van der Waals surface area contributed by atoms with Crippen molar-refractivity contribution >= 4 is 27.9 Å². The Bertz CT molecular complexity index is 1150. The molecule has 2 aromatic heterocycles. The summed E-state index contributed by atoms with van der Waals surface area (Å²) in [5.74, 6) is -0.387. The summed E-state index contributed by atoms with van der Waals surface area (Å²) in [6, 6.07) is 15.9. The molecule has 8 heteroatoms. The first kappa shape index (κ1) is 22.0. The zero-order valence-corrected chi connectivity index (χ0v) is 16.7. The molecule has 0 aliphatic heterocycles. The van der Waals surface area contributed by atoms with Crippen LogP contribution in [-0.4, -0.2) is 26.4 Å². The standard InChI is InChI=1S/C20H12BrFN3O.Li.H2O/c1-12-2-4-13(5-3-12)19-9-15(11-26)23-20-10-18(24-25(19)20)16-7-6-14(21)8-17(16)22;;/h2-10H,1H3;;1H2/q-1;+1;/p-1. The van der Waals surface area contributed by atoms with Gasteiger partial charge in [-0.3, -0.25) is 4.98 Å². The first-order valence-electron chi connectivity index (χ1n) is 7.86. The number of hydrogen-bond acceptors (Lipinski definition) is 4. The predicted octanol–water partition coefficient (Wildman–Crippen LogP) is 1.56.